The van der Waals surface area contributed by atoms with Crippen LogP contribution in [0.25, 0.3) is 11.5 Å². The maximum Gasteiger partial charge on any atom is 0.233 e. The molecular formula is C22H23ClFN3O4S. The zero-order valence-electron chi connectivity index (χ0n) is 17.3. The highest BCUT2D eigenvalue weighted by atomic mass is 35.5. The van der Waals surface area contributed by atoms with Gasteiger partial charge in [0, 0.05) is 30.2 Å². The number of nitrogens with one attached hydrogen (secondary N) is 1. The molecule has 0 radical (unpaired) electrons. The van der Waals surface area contributed by atoms with Crippen molar-refractivity contribution in [2.45, 2.75) is 16.3 Å². The van der Waals surface area contributed by atoms with Crippen molar-refractivity contribution in [3.8, 4) is 11.5 Å². The maximum atomic E-state index is 13.3. The van der Waals surface area contributed by atoms with Crippen molar-refractivity contribution in [1.29, 1.82) is 0 Å². The van der Waals surface area contributed by atoms with Gasteiger partial charge in [-0.3, -0.25) is 4.90 Å². The quantitative estimate of drug-likeness (QED) is 0.487. The molecule has 1 saturated heterocycles. The summed E-state index contributed by atoms with van der Waals surface area (Å²) in [6.45, 7) is 4.56. The standard InChI is InChI=1S/C22H23ClFN3O4S/c23-17-4-8-19(9-5-17)32(28,29)22-21(25-10-1-11-27-12-14-30-15-13-27)31-20(26-22)16-2-6-18(24)7-3-16/h2-9,25H,1,10-15H2. The number of benzene rings is 2. The van der Waals surface area contributed by atoms with Crippen molar-refractivity contribution in [3.05, 3.63) is 59.4 Å². The van der Waals surface area contributed by atoms with Gasteiger partial charge in [0.05, 0.1) is 18.1 Å². The zero-order chi connectivity index (χ0) is 22.6. The van der Waals surface area contributed by atoms with E-state index in [0.29, 0.717) is 17.1 Å². The Kier molecular flexibility index (Phi) is 7.10. The van der Waals surface area contributed by atoms with Crippen LogP contribution < -0.4 is 5.32 Å². The minimum Gasteiger partial charge on any atom is -0.419 e. The first-order valence-electron chi connectivity index (χ1n) is 10.2. The van der Waals surface area contributed by atoms with Crippen LogP contribution in [0.1, 0.15) is 6.42 Å². The third-order valence-electron chi connectivity index (χ3n) is 5.11. The molecule has 1 N–H and O–H groups in total. The summed E-state index contributed by atoms with van der Waals surface area (Å²) in [6.07, 6.45) is 0.785. The number of anilines is 1. The van der Waals surface area contributed by atoms with Gasteiger partial charge in [0.1, 0.15) is 5.82 Å². The Bertz CT molecular complexity index is 1140. The van der Waals surface area contributed by atoms with Gasteiger partial charge in [0.25, 0.3) is 0 Å². The summed E-state index contributed by atoms with van der Waals surface area (Å²) in [5, 5.41) is 3.29. The van der Waals surface area contributed by atoms with Crippen LogP contribution in [-0.2, 0) is 14.6 Å². The molecule has 10 heteroatoms. The van der Waals surface area contributed by atoms with E-state index in [1.165, 1.54) is 48.5 Å². The Morgan fingerprint density at radius 1 is 1.06 bits per heavy atom. The maximum absolute atomic E-state index is 13.3. The first kappa shape index (κ1) is 22.7. The highest BCUT2D eigenvalue weighted by Gasteiger charge is 2.28. The van der Waals surface area contributed by atoms with Crippen molar-refractivity contribution >= 4 is 27.3 Å². The fourth-order valence-electron chi connectivity index (χ4n) is 3.37. The number of morpholine rings is 1. The monoisotopic (exact) mass is 479 g/mol. The molecule has 0 amide bonds. The lowest BCUT2D eigenvalue weighted by atomic mass is 10.2. The number of hydrogen-bond acceptors (Lipinski definition) is 7. The van der Waals surface area contributed by atoms with Crippen LogP contribution in [-0.4, -0.2) is 57.7 Å². The molecule has 0 aliphatic carbocycles. The van der Waals surface area contributed by atoms with E-state index >= 15 is 0 Å². The van der Waals surface area contributed by atoms with Crippen LogP contribution in [0.2, 0.25) is 5.02 Å². The van der Waals surface area contributed by atoms with Gasteiger partial charge in [0.2, 0.25) is 26.6 Å². The number of aromatic nitrogens is 1. The lowest BCUT2D eigenvalue weighted by molar-refractivity contribution is 0.0378. The first-order valence-corrected chi connectivity index (χ1v) is 12.1. The van der Waals surface area contributed by atoms with Crippen LogP contribution in [0.15, 0.2) is 62.9 Å². The second kappa shape index (κ2) is 9.99. The average molecular weight is 480 g/mol. The molecule has 0 bridgehead atoms. The Morgan fingerprint density at radius 2 is 1.75 bits per heavy atom. The Morgan fingerprint density at radius 3 is 2.44 bits per heavy atom. The molecular weight excluding hydrogens is 457 g/mol. The van der Waals surface area contributed by atoms with E-state index in [0.717, 1.165) is 39.3 Å². The van der Waals surface area contributed by atoms with Gasteiger partial charge in [-0.15, -0.1) is 0 Å². The molecule has 0 spiro atoms. The molecule has 7 nitrogen and oxygen atoms in total. The molecule has 1 aromatic heterocycles. The molecule has 3 aromatic rings. The van der Waals surface area contributed by atoms with Crippen molar-refractivity contribution in [3.63, 3.8) is 0 Å². The van der Waals surface area contributed by atoms with Crippen molar-refractivity contribution < 1.29 is 22.0 Å². The van der Waals surface area contributed by atoms with E-state index in [-0.39, 0.29) is 21.7 Å². The smallest absolute Gasteiger partial charge is 0.233 e. The van der Waals surface area contributed by atoms with Gasteiger partial charge < -0.3 is 14.5 Å². The topological polar surface area (TPSA) is 84.7 Å². The molecule has 1 aliphatic heterocycles. The predicted octanol–water partition coefficient (Wildman–Crippen LogP) is 4.10. The number of hydrogen-bond donors (Lipinski definition) is 1. The summed E-state index contributed by atoms with van der Waals surface area (Å²) < 4.78 is 51.0. The summed E-state index contributed by atoms with van der Waals surface area (Å²) in [5.41, 5.74) is 0.473. The van der Waals surface area contributed by atoms with Crippen LogP contribution in [0.3, 0.4) is 0 Å². The molecule has 0 unspecified atom stereocenters. The third-order valence-corrected chi connectivity index (χ3v) is 7.04. The largest absolute Gasteiger partial charge is 0.419 e. The van der Waals surface area contributed by atoms with E-state index in [9.17, 15) is 12.8 Å². The molecule has 2 aromatic carbocycles. The molecule has 32 heavy (non-hydrogen) atoms. The number of rotatable bonds is 8. The second-order valence-electron chi connectivity index (χ2n) is 7.35. The first-order chi connectivity index (χ1) is 15.4. The minimum atomic E-state index is -3.97. The number of nitrogens with zero attached hydrogens (tertiary/aromatic N) is 2. The molecule has 0 atom stereocenters. The lowest BCUT2D eigenvalue weighted by Gasteiger charge is -2.26. The lowest BCUT2D eigenvalue weighted by Crippen LogP contribution is -2.37. The summed E-state index contributed by atoms with van der Waals surface area (Å²) in [6, 6.07) is 11.4. The van der Waals surface area contributed by atoms with Gasteiger partial charge in [-0.25, -0.2) is 12.8 Å². The Labute approximate surface area is 191 Å². The summed E-state index contributed by atoms with van der Waals surface area (Å²) in [5.74, 6) is -0.259. The van der Waals surface area contributed by atoms with Gasteiger partial charge in [-0.05, 0) is 61.5 Å². The van der Waals surface area contributed by atoms with Crippen molar-refractivity contribution in [1.82, 2.24) is 9.88 Å². The van der Waals surface area contributed by atoms with Crippen LogP contribution in [0.5, 0.6) is 0 Å². The van der Waals surface area contributed by atoms with E-state index in [2.05, 4.69) is 15.2 Å². The molecule has 1 aliphatic rings. The normalized spacial score (nSPS) is 15.1. The molecule has 4 rings (SSSR count). The number of oxazole rings is 1. The van der Waals surface area contributed by atoms with Crippen LogP contribution in [0, 0.1) is 5.82 Å². The van der Waals surface area contributed by atoms with Gasteiger partial charge in [0.15, 0.2) is 0 Å². The fourth-order valence-corrected chi connectivity index (χ4v) is 4.78. The highest BCUT2D eigenvalue weighted by molar-refractivity contribution is 7.91. The number of ether oxygens (including phenoxy) is 1. The SMILES string of the molecule is O=S(=O)(c1ccc(Cl)cc1)c1nc(-c2ccc(F)cc2)oc1NCCCN1CCOCC1. The minimum absolute atomic E-state index is 0.0530. The van der Waals surface area contributed by atoms with E-state index in [1.807, 2.05) is 0 Å². The van der Waals surface area contributed by atoms with Crippen molar-refractivity contribution in [2.75, 3.05) is 44.7 Å². The molecule has 2 heterocycles. The van der Waals surface area contributed by atoms with Crippen LogP contribution in [0.4, 0.5) is 10.3 Å². The van der Waals surface area contributed by atoms with Gasteiger partial charge in [-0.1, -0.05) is 11.6 Å². The zero-order valence-corrected chi connectivity index (χ0v) is 18.8. The van der Waals surface area contributed by atoms with Crippen molar-refractivity contribution in [2.24, 2.45) is 0 Å². The predicted molar refractivity (Wildman–Crippen MR) is 119 cm³/mol. The summed E-state index contributed by atoms with van der Waals surface area (Å²) >= 11 is 5.90. The number of sulfone groups is 1. The van der Waals surface area contributed by atoms with E-state index < -0.39 is 15.7 Å². The second-order valence-corrected chi connectivity index (χ2v) is 9.65. The fraction of sp³-hybridized carbons (Fsp3) is 0.318. The summed E-state index contributed by atoms with van der Waals surface area (Å²) in [4.78, 5) is 6.60. The van der Waals surface area contributed by atoms with Gasteiger partial charge in [-0.2, -0.15) is 4.98 Å². The Hall–Kier alpha value is -2.46. The summed E-state index contributed by atoms with van der Waals surface area (Å²) in [7, 11) is -3.97. The van der Waals surface area contributed by atoms with E-state index in [4.69, 9.17) is 20.8 Å². The average Bonchev–Trinajstić information content (AvgIpc) is 3.23. The Balaban J connectivity index is 1.58. The van der Waals surface area contributed by atoms with E-state index in [1.54, 1.807) is 0 Å². The van der Waals surface area contributed by atoms with Crippen LogP contribution >= 0.6 is 11.6 Å². The third kappa shape index (κ3) is 5.29. The van der Waals surface area contributed by atoms with Gasteiger partial charge >= 0.3 is 0 Å². The molecule has 1 fully saturated rings. The molecule has 0 saturated carbocycles. The molecule has 170 valence electrons. The highest BCUT2D eigenvalue weighted by Crippen LogP contribution is 2.32. The number of halogens is 2.